The Morgan fingerprint density at radius 2 is 2.21 bits per heavy atom. The third-order valence-electron chi connectivity index (χ3n) is 3.75. The largest absolute Gasteiger partial charge is 0.391 e. The average molecular weight is 372 g/mol. The molecule has 0 bridgehead atoms. The summed E-state index contributed by atoms with van der Waals surface area (Å²) < 4.78 is 7.36. The molecule has 3 unspecified atom stereocenters. The molecular weight excluding hydrogens is 359 g/mol. The highest BCUT2D eigenvalue weighted by molar-refractivity contribution is 14.1. The molecule has 3 rings (SSSR count). The third kappa shape index (κ3) is 2.28. The van der Waals surface area contributed by atoms with Crippen LogP contribution in [0.2, 0.25) is 0 Å². The molecule has 1 aromatic heterocycles. The zero-order valence-electron chi connectivity index (χ0n) is 10.1. The second-order valence-corrected chi connectivity index (χ2v) is 5.38. The van der Waals surface area contributed by atoms with Gasteiger partial charge in [0.1, 0.15) is 28.7 Å². The maximum absolute atomic E-state index is 10.5. The molecule has 0 amide bonds. The highest BCUT2D eigenvalue weighted by Gasteiger charge is 2.35. The quantitative estimate of drug-likeness (QED) is 0.663. The molecule has 2 aromatic rings. The summed E-state index contributed by atoms with van der Waals surface area (Å²) in [7, 11) is 0. The summed E-state index contributed by atoms with van der Waals surface area (Å²) in [5, 5.41) is 14.0. The Hall–Kier alpha value is -0.990. The van der Waals surface area contributed by atoms with Gasteiger partial charge in [-0.3, -0.25) is 0 Å². The van der Waals surface area contributed by atoms with E-state index in [0.29, 0.717) is 12.1 Å². The number of benzene rings is 1. The molecule has 1 saturated carbocycles. The van der Waals surface area contributed by atoms with Gasteiger partial charge in [-0.25, -0.2) is 0 Å². The van der Waals surface area contributed by atoms with Crippen LogP contribution >= 0.6 is 23.0 Å². The molecule has 1 aliphatic rings. The molecule has 0 radical (unpaired) electrons. The number of aliphatic hydroxyl groups excluding tert-OH is 1. The Labute approximate surface area is 124 Å². The van der Waals surface area contributed by atoms with E-state index in [9.17, 15) is 10.0 Å². The first-order valence-corrected chi connectivity index (χ1v) is 7.00. The summed E-state index contributed by atoms with van der Waals surface area (Å²) in [6.07, 6.45) is 3.08. The Bertz CT molecular complexity index is 613. The third-order valence-corrected chi connectivity index (χ3v) is 4.46. The Morgan fingerprint density at radius 3 is 2.89 bits per heavy atom. The summed E-state index contributed by atoms with van der Waals surface area (Å²) >= 11 is 1.89. The van der Waals surface area contributed by atoms with Crippen LogP contribution in [0.25, 0.3) is 10.9 Å². The molecule has 0 saturated heterocycles. The van der Waals surface area contributed by atoms with E-state index in [4.69, 9.17) is 3.07 Å². The SMILES string of the molecule is O=Nc1ccc2c(ccn2C2CC(OI)CC2O)c1. The van der Waals surface area contributed by atoms with Gasteiger partial charge in [0, 0.05) is 23.5 Å². The maximum Gasteiger partial charge on any atom is 0.110 e. The molecular formula is C13H13IN2O3. The fraction of sp³-hybridized carbons (Fsp3) is 0.385. The molecule has 1 heterocycles. The molecule has 1 aromatic carbocycles. The summed E-state index contributed by atoms with van der Waals surface area (Å²) in [5.74, 6) is 0. The van der Waals surface area contributed by atoms with E-state index in [2.05, 4.69) is 9.74 Å². The van der Waals surface area contributed by atoms with Crippen LogP contribution in [0, 0.1) is 4.91 Å². The van der Waals surface area contributed by atoms with Gasteiger partial charge in [0.05, 0.1) is 18.2 Å². The summed E-state index contributed by atoms with van der Waals surface area (Å²) in [6.45, 7) is 0. The van der Waals surface area contributed by atoms with E-state index in [0.717, 1.165) is 17.3 Å². The molecule has 5 nitrogen and oxygen atoms in total. The lowest BCUT2D eigenvalue weighted by atomic mass is 10.2. The van der Waals surface area contributed by atoms with Crippen LogP contribution in [0.4, 0.5) is 5.69 Å². The number of halogens is 1. The molecule has 1 fully saturated rings. The van der Waals surface area contributed by atoms with Crippen molar-refractivity contribution < 1.29 is 8.17 Å². The lowest BCUT2D eigenvalue weighted by molar-refractivity contribution is 0.133. The van der Waals surface area contributed by atoms with E-state index in [1.807, 2.05) is 41.3 Å². The van der Waals surface area contributed by atoms with Crippen LogP contribution in [0.1, 0.15) is 18.9 Å². The average Bonchev–Trinajstić information content (AvgIpc) is 3.00. The first-order chi connectivity index (χ1) is 9.22. The van der Waals surface area contributed by atoms with Gasteiger partial charge in [0.15, 0.2) is 0 Å². The van der Waals surface area contributed by atoms with Gasteiger partial charge in [0.25, 0.3) is 0 Å². The first-order valence-electron chi connectivity index (χ1n) is 6.12. The molecule has 0 aliphatic heterocycles. The van der Waals surface area contributed by atoms with Crippen molar-refractivity contribution in [2.45, 2.75) is 31.1 Å². The van der Waals surface area contributed by atoms with Crippen molar-refractivity contribution in [1.29, 1.82) is 0 Å². The molecule has 19 heavy (non-hydrogen) atoms. The van der Waals surface area contributed by atoms with Crippen molar-refractivity contribution in [3.8, 4) is 0 Å². The van der Waals surface area contributed by atoms with Crippen molar-refractivity contribution in [1.82, 2.24) is 4.57 Å². The summed E-state index contributed by atoms with van der Waals surface area (Å²) in [6, 6.07) is 7.28. The van der Waals surface area contributed by atoms with E-state index in [1.165, 1.54) is 0 Å². The minimum Gasteiger partial charge on any atom is -0.391 e. The van der Waals surface area contributed by atoms with Crippen LogP contribution in [-0.4, -0.2) is 21.9 Å². The number of hydrogen-bond donors (Lipinski definition) is 1. The Morgan fingerprint density at radius 1 is 1.37 bits per heavy atom. The van der Waals surface area contributed by atoms with E-state index in [-0.39, 0.29) is 12.1 Å². The van der Waals surface area contributed by atoms with Gasteiger partial charge in [0.2, 0.25) is 0 Å². The number of rotatable bonds is 3. The zero-order chi connectivity index (χ0) is 13.4. The summed E-state index contributed by atoms with van der Waals surface area (Å²) in [4.78, 5) is 10.5. The lowest BCUT2D eigenvalue weighted by Gasteiger charge is -2.17. The highest BCUT2D eigenvalue weighted by Crippen LogP contribution is 2.36. The van der Waals surface area contributed by atoms with Crippen LogP contribution in [-0.2, 0) is 3.07 Å². The van der Waals surface area contributed by atoms with Crippen molar-refractivity contribution in [2.24, 2.45) is 5.18 Å². The minimum atomic E-state index is -0.403. The topological polar surface area (TPSA) is 63.8 Å². The number of nitrogens with zero attached hydrogens (tertiary/aromatic N) is 2. The smallest absolute Gasteiger partial charge is 0.110 e. The van der Waals surface area contributed by atoms with Crippen LogP contribution in [0.3, 0.4) is 0 Å². The predicted octanol–water partition coefficient (Wildman–Crippen LogP) is 3.47. The van der Waals surface area contributed by atoms with E-state index >= 15 is 0 Å². The normalized spacial score (nSPS) is 26.9. The minimum absolute atomic E-state index is 0.0207. The second kappa shape index (κ2) is 5.18. The van der Waals surface area contributed by atoms with Crippen molar-refractivity contribution in [3.05, 3.63) is 35.4 Å². The van der Waals surface area contributed by atoms with Crippen molar-refractivity contribution >= 4 is 39.6 Å². The maximum atomic E-state index is 10.5. The molecule has 6 heteroatoms. The number of aromatic nitrogens is 1. The van der Waals surface area contributed by atoms with Gasteiger partial charge < -0.3 is 12.7 Å². The number of fused-ring (bicyclic) bond motifs is 1. The predicted molar refractivity (Wildman–Crippen MR) is 80.6 cm³/mol. The van der Waals surface area contributed by atoms with Crippen molar-refractivity contribution in [3.63, 3.8) is 0 Å². The van der Waals surface area contributed by atoms with Gasteiger partial charge in [-0.15, -0.1) is 4.91 Å². The second-order valence-electron chi connectivity index (χ2n) is 4.87. The van der Waals surface area contributed by atoms with E-state index < -0.39 is 6.10 Å². The number of hydrogen-bond acceptors (Lipinski definition) is 4. The highest BCUT2D eigenvalue weighted by atomic mass is 127. The standard InChI is InChI=1S/C13H13IN2O3/c14-19-10-6-12(13(17)7-10)16-4-3-8-5-9(15-18)1-2-11(8)16/h1-5,10,12-13,17H,6-7H2. The van der Waals surface area contributed by atoms with Crippen LogP contribution in [0.15, 0.2) is 35.6 Å². The van der Waals surface area contributed by atoms with Gasteiger partial charge in [-0.1, -0.05) is 0 Å². The molecule has 0 spiro atoms. The molecule has 100 valence electrons. The summed E-state index contributed by atoms with van der Waals surface area (Å²) in [5.41, 5.74) is 1.43. The van der Waals surface area contributed by atoms with Gasteiger partial charge in [-0.2, -0.15) is 0 Å². The first kappa shape index (κ1) is 13.0. The van der Waals surface area contributed by atoms with E-state index in [1.54, 1.807) is 12.1 Å². The van der Waals surface area contributed by atoms with Gasteiger partial charge >= 0.3 is 0 Å². The Kier molecular flexibility index (Phi) is 3.55. The van der Waals surface area contributed by atoms with Crippen LogP contribution < -0.4 is 0 Å². The fourth-order valence-electron chi connectivity index (χ4n) is 2.82. The number of aliphatic hydroxyl groups is 1. The van der Waals surface area contributed by atoms with Gasteiger partial charge in [-0.05, 0) is 35.9 Å². The molecule has 1 aliphatic carbocycles. The van der Waals surface area contributed by atoms with Crippen LogP contribution in [0.5, 0.6) is 0 Å². The molecule has 3 atom stereocenters. The fourth-order valence-corrected chi connectivity index (χ4v) is 3.23. The molecule has 1 N–H and O–H groups in total. The monoisotopic (exact) mass is 372 g/mol. The lowest BCUT2D eigenvalue weighted by Crippen LogP contribution is -2.17. The number of nitroso groups, excluding NO2 is 1. The zero-order valence-corrected chi connectivity index (χ0v) is 12.2. The Balaban J connectivity index is 1.99. The van der Waals surface area contributed by atoms with Crippen molar-refractivity contribution in [2.75, 3.05) is 0 Å².